The second kappa shape index (κ2) is 4.43. The van der Waals surface area contributed by atoms with E-state index in [0.29, 0.717) is 17.4 Å². The number of carbonyl (C=O) groups excluding carboxylic acids is 1. The first-order valence-electron chi connectivity index (χ1n) is 6.60. The molecule has 1 aromatic heterocycles. The summed E-state index contributed by atoms with van der Waals surface area (Å²) in [6.07, 6.45) is 2.03. The smallest absolute Gasteiger partial charge is 0.310 e. The van der Waals surface area contributed by atoms with Gasteiger partial charge in [-0.05, 0) is 19.8 Å². The topological polar surface area (TPSA) is 103 Å². The van der Waals surface area contributed by atoms with Crippen LogP contribution in [0.15, 0.2) is 4.79 Å². The molecule has 106 valence electrons. The number of aromatic amines is 1. The first-order chi connectivity index (χ1) is 9.47. The number of carbonyl (C=O) groups is 2. The number of nitrogens with zero attached hydrogens (tertiary/aromatic N) is 2. The van der Waals surface area contributed by atoms with Gasteiger partial charge in [0.25, 0.3) is 11.5 Å². The zero-order valence-corrected chi connectivity index (χ0v) is 11.0. The molecule has 1 aliphatic heterocycles. The molecule has 1 saturated carbocycles. The summed E-state index contributed by atoms with van der Waals surface area (Å²) in [5.74, 6) is -0.919. The van der Waals surface area contributed by atoms with Gasteiger partial charge in [-0.15, -0.1) is 0 Å². The Kier molecular flexibility index (Phi) is 2.84. The van der Waals surface area contributed by atoms with E-state index in [1.165, 1.54) is 4.90 Å². The molecule has 3 rings (SSSR count). The molecule has 7 nitrogen and oxygen atoms in total. The van der Waals surface area contributed by atoms with Gasteiger partial charge in [-0.2, -0.15) is 0 Å². The number of hydrogen-bond acceptors (Lipinski definition) is 4. The first-order valence-corrected chi connectivity index (χ1v) is 6.60. The molecule has 0 aromatic carbocycles. The van der Waals surface area contributed by atoms with Crippen LogP contribution in [0.3, 0.4) is 0 Å². The molecule has 0 radical (unpaired) electrons. The molecule has 0 atom stereocenters. The van der Waals surface area contributed by atoms with Gasteiger partial charge < -0.3 is 15.0 Å². The summed E-state index contributed by atoms with van der Waals surface area (Å²) in [6, 6.07) is 0. The van der Waals surface area contributed by atoms with E-state index in [1.807, 2.05) is 0 Å². The van der Waals surface area contributed by atoms with Crippen LogP contribution < -0.4 is 5.56 Å². The number of aliphatic carboxylic acids is 1. The summed E-state index contributed by atoms with van der Waals surface area (Å²) < 4.78 is 0. The van der Waals surface area contributed by atoms with E-state index >= 15 is 0 Å². The molecular formula is C13H15N3O4. The third-order valence-corrected chi connectivity index (χ3v) is 3.81. The van der Waals surface area contributed by atoms with Gasteiger partial charge in [-0.25, -0.2) is 4.98 Å². The summed E-state index contributed by atoms with van der Waals surface area (Å²) in [5, 5.41) is 8.80. The molecule has 2 fully saturated rings. The summed E-state index contributed by atoms with van der Waals surface area (Å²) in [4.78, 5) is 43.3. The van der Waals surface area contributed by atoms with Crippen molar-refractivity contribution in [2.45, 2.75) is 25.7 Å². The molecule has 2 heterocycles. The van der Waals surface area contributed by atoms with Crippen LogP contribution in [0.25, 0.3) is 0 Å². The summed E-state index contributed by atoms with van der Waals surface area (Å²) >= 11 is 0. The standard InChI is InChI=1S/C13H15N3O4/c1-6-9(11(17)15-10(14-6)7-2-3-7)12(18)16-4-8(5-16)13(19)20/h7-8H,2-5H2,1H3,(H,19,20)(H,14,15,17). The number of amides is 1. The van der Waals surface area contributed by atoms with E-state index in [9.17, 15) is 14.4 Å². The lowest BCUT2D eigenvalue weighted by molar-refractivity contribution is -0.146. The van der Waals surface area contributed by atoms with Crippen molar-refractivity contribution in [1.82, 2.24) is 14.9 Å². The Morgan fingerprint density at radius 3 is 2.50 bits per heavy atom. The number of aromatic nitrogens is 2. The minimum atomic E-state index is -0.915. The molecule has 1 amide bonds. The van der Waals surface area contributed by atoms with Crippen LogP contribution in [0.5, 0.6) is 0 Å². The van der Waals surface area contributed by atoms with Gasteiger partial charge in [-0.1, -0.05) is 0 Å². The lowest BCUT2D eigenvalue weighted by Gasteiger charge is -2.36. The number of nitrogens with one attached hydrogen (secondary N) is 1. The molecule has 7 heteroatoms. The molecule has 0 spiro atoms. The van der Waals surface area contributed by atoms with E-state index in [-0.39, 0.29) is 18.7 Å². The van der Waals surface area contributed by atoms with Gasteiger partial charge in [-0.3, -0.25) is 14.4 Å². The largest absolute Gasteiger partial charge is 0.481 e. The third-order valence-electron chi connectivity index (χ3n) is 3.81. The molecular weight excluding hydrogens is 262 g/mol. The molecule has 1 aliphatic carbocycles. The van der Waals surface area contributed by atoms with E-state index in [2.05, 4.69) is 9.97 Å². The zero-order valence-electron chi connectivity index (χ0n) is 11.0. The maximum absolute atomic E-state index is 12.2. The first kappa shape index (κ1) is 12.8. The average molecular weight is 277 g/mol. The van der Waals surface area contributed by atoms with Crippen molar-refractivity contribution >= 4 is 11.9 Å². The van der Waals surface area contributed by atoms with Crippen LogP contribution in [0.1, 0.15) is 40.6 Å². The highest BCUT2D eigenvalue weighted by molar-refractivity contribution is 5.96. The Labute approximate surface area is 114 Å². The lowest BCUT2D eigenvalue weighted by atomic mass is 9.99. The number of likely N-dealkylation sites (tertiary alicyclic amines) is 1. The SMILES string of the molecule is Cc1nc(C2CC2)[nH]c(=O)c1C(=O)N1CC(C(=O)O)C1. The zero-order chi connectivity index (χ0) is 14.4. The fourth-order valence-corrected chi connectivity index (χ4v) is 2.37. The van der Waals surface area contributed by atoms with Crippen molar-refractivity contribution in [3.63, 3.8) is 0 Å². The van der Waals surface area contributed by atoms with Gasteiger partial charge in [0.2, 0.25) is 0 Å². The van der Waals surface area contributed by atoms with E-state index in [1.54, 1.807) is 6.92 Å². The van der Waals surface area contributed by atoms with Crippen molar-refractivity contribution in [2.24, 2.45) is 5.92 Å². The lowest BCUT2D eigenvalue weighted by Crippen LogP contribution is -2.54. The van der Waals surface area contributed by atoms with E-state index in [0.717, 1.165) is 12.8 Å². The number of aryl methyl sites for hydroxylation is 1. The van der Waals surface area contributed by atoms with E-state index < -0.39 is 23.4 Å². The van der Waals surface area contributed by atoms with Crippen LogP contribution in [0.4, 0.5) is 0 Å². The van der Waals surface area contributed by atoms with Gasteiger partial charge in [0.05, 0.1) is 11.6 Å². The van der Waals surface area contributed by atoms with Crippen LogP contribution >= 0.6 is 0 Å². The van der Waals surface area contributed by atoms with Crippen LogP contribution in [-0.4, -0.2) is 44.9 Å². The number of hydrogen-bond donors (Lipinski definition) is 2. The van der Waals surface area contributed by atoms with Crippen molar-refractivity contribution in [3.05, 3.63) is 27.4 Å². The Morgan fingerprint density at radius 1 is 1.35 bits per heavy atom. The second-order valence-corrected chi connectivity index (χ2v) is 5.43. The number of carboxylic acid groups (broad SMARTS) is 1. The normalized spacial score (nSPS) is 18.8. The Balaban J connectivity index is 1.82. The quantitative estimate of drug-likeness (QED) is 0.816. The summed E-state index contributed by atoms with van der Waals surface area (Å²) in [6.45, 7) is 1.94. The fourth-order valence-electron chi connectivity index (χ4n) is 2.37. The van der Waals surface area contributed by atoms with E-state index in [4.69, 9.17) is 5.11 Å². The molecule has 2 aliphatic rings. The summed E-state index contributed by atoms with van der Waals surface area (Å²) in [7, 11) is 0. The predicted octanol–water partition coefficient (Wildman–Crippen LogP) is 0.112. The van der Waals surface area contributed by atoms with Gasteiger partial charge in [0.15, 0.2) is 0 Å². The minimum absolute atomic E-state index is 0.0261. The molecule has 1 saturated heterocycles. The van der Waals surface area contributed by atoms with Crippen molar-refractivity contribution in [3.8, 4) is 0 Å². The highest BCUT2D eigenvalue weighted by Gasteiger charge is 2.38. The fraction of sp³-hybridized carbons (Fsp3) is 0.538. The van der Waals surface area contributed by atoms with Crippen molar-refractivity contribution in [2.75, 3.05) is 13.1 Å². The number of H-pyrrole nitrogens is 1. The van der Waals surface area contributed by atoms with Gasteiger partial charge in [0.1, 0.15) is 11.4 Å². The molecule has 0 bridgehead atoms. The Morgan fingerprint density at radius 2 is 2.00 bits per heavy atom. The van der Waals surface area contributed by atoms with Crippen LogP contribution in [-0.2, 0) is 4.79 Å². The maximum Gasteiger partial charge on any atom is 0.310 e. The Hall–Kier alpha value is -2.18. The molecule has 1 aromatic rings. The maximum atomic E-state index is 12.2. The number of carboxylic acids is 1. The third kappa shape index (κ3) is 2.09. The predicted molar refractivity (Wildman–Crippen MR) is 68.6 cm³/mol. The Bertz CT molecular complexity index is 642. The second-order valence-electron chi connectivity index (χ2n) is 5.43. The average Bonchev–Trinajstić information content (AvgIpc) is 3.08. The van der Waals surface area contributed by atoms with Crippen LogP contribution in [0.2, 0.25) is 0 Å². The monoisotopic (exact) mass is 277 g/mol. The summed E-state index contributed by atoms with van der Waals surface area (Å²) in [5.41, 5.74) is 0.0147. The highest BCUT2D eigenvalue weighted by atomic mass is 16.4. The number of rotatable bonds is 3. The highest BCUT2D eigenvalue weighted by Crippen LogP contribution is 2.37. The molecule has 0 unspecified atom stereocenters. The minimum Gasteiger partial charge on any atom is -0.481 e. The van der Waals surface area contributed by atoms with Crippen molar-refractivity contribution < 1.29 is 14.7 Å². The molecule has 20 heavy (non-hydrogen) atoms. The molecule has 2 N–H and O–H groups in total. The van der Waals surface area contributed by atoms with Gasteiger partial charge in [0, 0.05) is 19.0 Å². The van der Waals surface area contributed by atoms with Crippen LogP contribution in [0, 0.1) is 12.8 Å². The van der Waals surface area contributed by atoms with Gasteiger partial charge >= 0.3 is 5.97 Å². The van der Waals surface area contributed by atoms with Crippen molar-refractivity contribution in [1.29, 1.82) is 0 Å².